The van der Waals surface area contributed by atoms with Crippen molar-refractivity contribution in [2.24, 2.45) is 5.92 Å². The molecule has 1 aliphatic rings. The highest BCUT2D eigenvalue weighted by Gasteiger charge is 2.24. The van der Waals surface area contributed by atoms with Gasteiger partial charge in [-0.2, -0.15) is 0 Å². The fraction of sp³-hybridized carbons (Fsp3) is 0.562. The van der Waals surface area contributed by atoms with Gasteiger partial charge in [0.15, 0.2) is 0 Å². The molecule has 0 heterocycles. The third kappa shape index (κ3) is 2.92. The van der Waals surface area contributed by atoms with Crippen LogP contribution in [-0.4, -0.2) is 5.91 Å². The second kappa shape index (κ2) is 6.03. The largest absolute Gasteiger partial charge is 0.349 e. The Bertz CT molecular complexity index is 407. The zero-order valence-corrected chi connectivity index (χ0v) is 11.4. The lowest BCUT2D eigenvalue weighted by Gasteiger charge is -2.21. The summed E-state index contributed by atoms with van der Waals surface area (Å²) in [4.78, 5) is 12.2. The van der Waals surface area contributed by atoms with Gasteiger partial charge < -0.3 is 5.32 Å². The van der Waals surface area contributed by atoms with Crippen LogP contribution in [0.5, 0.6) is 0 Å². The molecule has 1 aliphatic carbocycles. The van der Waals surface area contributed by atoms with E-state index in [-0.39, 0.29) is 17.9 Å². The Morgan fingerprint density at radius 1 is 1.33 bits per heavy atom. The van der Waals surface area contributed by atoms with Crippen molar-refractivity contribution >= 4 is 5.91 Å². The molecule has 2 rings (SSSR count). The Kier molecular flexibility index (Phi) is 4.40. The zero-order chi connectivity index (χ0) is 13.0. The molecule has 1 aromatic carbocycles. The Labute approximate surface area is 110 Å². The Hall–Kier alpha value is -1.31. The van der Waals surface area contributed by atoms with E-state index in [2.05, 4.69) is 31.3 Å². The molecule has 0 bridgehead atoms. The van der Waals surface area contributed by atoms with Gasteiger partial charge in [-0.05, 0) is 37.3 Å². The number of aryl methyl sites for hydroxylation is 1. The van der Waals surface area contributed by atoms with Gasteiger partial charge in [-0.15, -0.1) is 0 Å². The normalized spacial score (nSPS) is 17.7. The zero-order valence-electron chi connectivity index (χ0n) is 11.4. The van der Waals surface area contributed by atoms with Crippen molar-refractivity contribution in [3.63, 3.8) is 0 Å². The fourth-order valence-electron chi connectivity index (χ4n) is 2.86. The second-order valence-corrected chi connectivity index (χ2v) is 5.31. The van der Waals surface area contributed by atoms with Crippen LogP contribution in [0.15, 0.2) is 24.3 Å². The quantitative estimate of drug-likeness (QED) is 0.860. The topological polar surface area (TPSA) is 29.1 Å². The molecule has 98 valence electrons. The maximum absolute atomic E-state index is 12.2. The average molecular weight is 245 g/mol. The van der Waals surface area contributed by atoms with E-state index in [1.165, 1.54) is 24.0 Å². The number of carbonyl (C=O) groups excluding carboxylic acids is 1. The summed E-state index contributed by atoms with van der Waals surface area (Å²) in [6, 6.07) is 8.49. The van der Waals surface area contributed by atoms with Crippen molar-refractivity contribution in [1.29, 1.82) is 0 Å². The number of nitrogens with one attached hydrogen (secondary N) is 1. The highest BCUT2D eigenvalue weighted by Crippen LogP contribution is 2.27. The lowest BCUT2D eigenvalue weighted by atomic mass is 9.98. The first-order chi connectivity index (χ1) is 8.72. The minimum Gasteiger partial charge on any atom is -0.349 e. The average Bonchev–Trinajstić information content (AvgIpc) is 2.90. The molecule has 1 unspecified atom stereocenters. The number of amides is 1. The van der Waals surface area contributed by atoms with Gasteiger partial charge in [-0.25, -0.2) is 0 Å². The fourth-order valence-corrected chi connectivity index (χ4v) is 2.86. The monoisotopic (exact) mass is 245 g/mol. The third-order valence-corrected chi connectivity index (χ3v) is 4.01. The van der Waals surface area contributed by atoms with Crippen LogP contribution in [0.1, 0.15) is 56.2 Å². The highest BCUT2D eigenvalue weighted by molar-refractivity contribution is 5.79. The van der Waals surface area contributed by atoms with Crippen LogP contribution in [0.2, 0.25) is 0 Å². The highest BCUT2D eigenvalue weighted by atomic mass is 16.1. The number of benzene rings is 1. The second-order valence-electron chi connectivity index (χ2n) is 5.31. The summed E-state index contributed by atoms with van der Waals surface area (Å²) < 4.78 is 0. The predicted octanol–water partition coefficient (Wildman–Crippen LogP) is 3.75. The summed E-state index contributed by atoms with van der Waals surface area (Å²) >= 11 is 0. The predicted molar refractivity (Wildman–Crippen MR) is 74.3 cm³/mol. The molecule has 1 fully saturated rings. The first-order valence-electron chi connectivity index (χ1n) is 7.08. The molecule has 1 N–H and O–H groups in total. The smallest absolute Gasteiger partial charge is 0.223 e. The summed E-state index contributed by atoms with van der Waals surface area (Å²) in [5, 5.41) is 3.23. The van der Waals surface area contributed by atoms with Crippen LogP contribution in [0, 0.1) is 12.8 Å². The number of hydrogen-bond donors (Lipinski definition) is 1. The molecule has 0 aliphatic heterocycles. The van der Waals surface area contributed by atoms with Crippen LogP contribution in [-0.2, 0) is 4.79 Å². The van der Waals surface area contributed by atoms with E-state index >= 15 is 0 Å². The first kappa shape index (κ1) is 13.1. The van der Waals surface area contributed by atoms with Crippen LogP contribution >= 0.6 is 0 Å². The van der Waals surface area contributed by atoms with Gasteiger partial charge in [0, 0.05) is 5.92 Å². The summed E-state index contributed by atoms with van der Waals surface area (Å²) in [5.41, 5.74) is 2.52. The number of carbonyl (C=O) groups is 1. The molecule has 0 saturated heterocycles. The summed E-state index contributed by atoms with van der Waals surface area (Å²) in [6.07, 6.45) is 5.49. The Morgan fingerprint density at radius 3 is 2.61 bits per heavy atom. The van der Waals surface area contributed by atoms with Gasteiger partial charge in [0.05, 0.1) is 6.04 Å². The van der Waals surface area contributed by atoms with Crippen LogP contribution in [0.25, 0.3) is 0 Å². The molecule has 1 saturated carbocycles. The Balaban J connectivity index is 2.05. The van der Waals surface area contributed by atoms with E-state index in [4.69, 9.17) is 0 Å². The number of rotatable bonds is 4. The molecule has 1 atom stereocenters. The summed E-state index contributed by atoms with van der Waals surface area (Å²) in [7, 11) is 0. The van der Waals surface area contributed by atoms with Crippen molar-refractivity contribution < 1.29 is 4.79 Å². The van der Waals surface area contributed by atoms with E-state index < -0.39 is 0 Å². The van der Waals surface area contributed by atoms with E-state index in [0.717, 1.165) is 19.3 Å². The summed E-state index contributed by atoms with van der Waals surface area (Å²) in [6.45, 7) is 4.24. The molecule has 1 amide bonds. The lowest BCUT2D eigenvalue weighted by Crippen LogP contribution is -2.33. The lowest BCUT2D eigenvalue weighted by molar-refractivity contribution is -0.125. The van der Waals surface area contributed by atoms with E-state index in [0.29, 0.717) is 0 Å². The van der Waals surface area contributed by atoms with E-state index in [1.807, 2.05) is 12.1 Å². The van der Waals surface area contributed by atoms with Gasteiger partial charge in [0.2, 0.25) is 5.91 Å². The van der Waals surface area contributed by atoms with E-state index in [9.17, 15) is 4.79 Å². The van der Waals surface area contributed by atoms with E-state index in [1.54, 1.807) is 0 Å². The van der Waals surface area contributed by atoms with Crippen LogP contribution < -0.4 is 5.32 Å². The molecule has 1 aromatic rings. The molecule has 2 heteroatoms. The maximum Gasteiger partial charge on any atom is 0.223 e. The van der Waals surface area contributed by atoms with Gasteiger partial charge in [-0.1, -0.05) is 44.0 Å². The first-order valence-corrected chi connectivity index (χ1v) is 7.08. The molecule has 0 radical (unpaired) electrons. The van der Waals surface area contributed by atoms with Crippen molar-refractivity contribution in [2.45, 2.75) is 52.0 Å². The van der Waals surface area contributed by atoms with Crippen LogP contribution in [0.4, 0.5) is 0 Å². The Morgan fingerprint density at radius 2 is 2.00 bits per heavy atom. The van der Waals surface area contributed by atoms with Crippen molar-refractivity contribution in [3.8, 4) is 0 Å². The van der Waals surface area contributed by atoms with Crippen molar-refractivity contribution in [1.82, 2.24) is 5.32 Å². The molecule has 0 spiro atoms. The molecule has 2 nitrogen and oxygen atoms in total. The third-order valence-electron chi connectivity index (χ3n) is 4.01. The van der Waals surface area contributed by atoms with Gasteiger partial charge in [0.1, 0.15) is 0 Å². The minimum atomic E-state index is 0.166. The molecular formula is C16H23NO. The van der Waals surface area contributed by atoms with Gasteiger partial charge >= 0.3 is 0 Å². The molecular weight excluding hydrogens is 222 g/mol. The van der Waals surface area contributed by atoms with Crippen molar-refractivity contribution in [2.75, 3.05) is 0 Å². The molecule has 0 aromatic heterocycles. The van der Waals surface area contributed by atoms with Gasteiger partial charge in [0.25, 0.3) is 0 Å². The maximum atomic E-state index is 12.2. The standard InChI is InChI=1S/C16H23NO/c1-3-15(14-11-7-4-8-12(14)2)17-16(18)13-9-5-6-10-13/h4,7-8,11,13,15H,3,5-6,9-10H2,1-2H3,(H,17,18). The summed E-state index contributed by atoms with van der Waals surface area (Å²) in [5.74, 6) is 0.505. The SMILES string of the molecule is CCC(NC(=O)C1CCCC1)c1ccccc1C. The van der Waals surface area contributed by atoms with Crippen LogP contribution in [0.3, 0.4) is 0 Å². The molecule has 18 heavy (non-hydrogen) atoms. The van der Waals surface area contributed by atoms with Crippen molar-refractivity contribution in [3.05, 3.63) is 35.4 Å². The van der Waals surface area contributed by atoms with Gasteiger partial charge in [-0.3, -0.25) is 4.79 Å². The minimum absolute atomic E-state index is 0.166. The number of hydrogen-bond acceptors (Lipinski definition) is 1.